The van der Waals surface area contributed by atoms with Gasteiger partial charge in [0.2, 0.25) is 16.9 Å². The molecule has 11 heteroatoms. The van der Waals surface area contributed by atoms with E-state index in [1.165, 1.54) is 31.4 Å². The zero-order valence-corrected chi connectivity index (χ0v) is 18.8. The van der Waals surface area contributed by atoms with E-state index in [0.717, 1.165) is 28.7 Å². The van der Waals surface area contributed by atoms with Gasteiger partial charge in [-0.25, -0.2) is 4.39 Å². The van der Waals surface area contributed by atoms with Gasteiger partial charge < -0.3 is 14.8 Å². The van der Waals surface area contributed by atoms with Gasteiger partial charge in [0.25, 0.3) is 0 Å². The second-order valence-electron chi connectivity index (χ2n) is 6.16. The van der Waals surface area contributed by atoms with Crippen molar-refractivity contribution in [2.45, 2.75) is 4.34 Å². The molecule has 0 atom stereocenters. The molecule has 1 aromatic heterocycles. The van der Waals surface area contributed by atoms with Gasteiger partial charge in [-0.1, -0.05) is 35.2 Å². The Balaban J connectivity index is 1.49. The highest BCUT2D eigenvalue weighted by molar-refractivity contribution is 8.01. The van der Waals surface area contributed by atoms with Crippen molar-refractivity contribution in [3.05, 3.63) is 59.9 Å². The van der Waals surface area contributed by atoms with E-state index < -0.39 is 5.82 Å². The molecule has 2 N–H and O–H groups in total. The van der Waals surface area contributed by atoms with Crippen molar-refractivity contribution in [3.63, 3.8) is 0 Å². The van der Waals surface area contributed by atoms with E-state index in [1.54, 1.807) is 37.5 Å². The Morgan fingerprint density at radius 3 is 2.66 bits per heavy atom. The summed E-state index contributed by atoms with van der Waals surface area (Å²) < 4.78 is 24.1. The van der Waals surface area contributed by atoms with Gasteiger partial charge in [-0.05, 0) is 42.0 Å². The molecule has 0 saturated carbocycles. The molecule has 3 rings (SSSR count). The van der Waals surface area contributed by atoms with Gasteiger partial charge in [-0.15, -0.1) is 10.2 Å². The van der Waals surface area contributed by atoms with Gasteiger partial charge in [0, 0.05) is 11.8 Å². The number of thioether (sulfide) groups is 1. The Labute approximate surface area is 191 Å². The molecular weight excluding hydrogens is 455 g/mol. The summed E-state index contributed by atoms with van der Waals surface area (Å²) in [4.78, 5) is 24.1. The van der Waals surface area contributed by atoms with Crippen molar-refractivity contribution in [2.24, 2.45) is 0 Å². The second-order valence-corrected chi connectivity index (χ2v) is 8.36. The van der Waals surface area contributed by atoms with Gasteiger partial charge in [-0.2, -0.15) is 0 Å². The first-order valence-corrected chi connectivity index (χ1v) is 11.0. The second kappa shape index (κ2) is 11.3. The molecule has 0 aliphatic heterocycles. The maximum absolute atomic E-state index is 13.2. The molecule has 1 heterocycles. The largest absolute Gasteiger partial charge is 0.493 e. The molecule has 8 nitrogen and oxygen atoms in total. The highest BCUT2D eigenvalue weighted by Gasteiger charge is 2.10. The number of benzene rings is 2. The zero-order chi connectivity index (χ0) is 22.9. The fourth-order valence-electron chi connectivity index (χ4n) is 2.48. The van der Waals surface area contributed by atoms with Gasteiger partial charge >= 0.3 is 0 Å². The summed E-state index contributed by atoms with van der Waals surface area (Å²) in [6.45, 7) is 0. The predicted molar refractivity (Wildman–Crippen MR) is 123 cm³/mol. The highest BCUT2D eigenvalue weighted by Crippen LogP contribution is 2.28. The van der Waals surface area contributed by atoms with E-state index in [9.17, 15) is 14.0 Å². The highest BCUT2D eigenvalue weighted by atomic mass is 32.2. The van der Waals surface area contributed by atoms with Crippen molar-refractivity contribution in [3.8, 4) is 11.5 Å². The minimum Gasteiger partial charge on any atom is -0.493 e. The summed E-state index contributed by atoms with van der Waals surface area (Å²) >= 11 is 2.30. The molecule has 0 aliphatic rings. The average Bonchev–Trinajstić information content (AvgIpc) is 3.23. The van der Waals surface area contributed by atoms with E-state index in [4.69, 9.17) is 9.47 Å². The molecule has 0 aliphatic carbocycles. The number of carbonyl (C=O) groups is 2. The maximum atomic E-state index is 13.2. The number of anilines is 2. The molecule has 0 radical (unpaired) electrons. The standard InChI is InChI=1S/C21H19FN4O4S2/c1-29-16-8-6-13(10-17(16)30-2)7-9-18(27)24-20-25-26-21(32-20)31-12-19(28)23-15-5-3-4-14(22)11-15/h3-11H,12H2,1-2H3,(H,23,28)(H,24,25,27)/b9-7+. The first kappa shape index (κ1) is 23.2. The van der Waals surface area contributed by atoms with E-state index >= 15 is 0 Å². The number of carbonyl (C=O) groups excluding carboxylic acids is 2. The smallest absolute Gasteiger partial charge is 0.250 e. The van der Waals surface area contributed by atoms with E-state index in [-0.39, 0.29) is 17.6 Å². The van der Waals surface area contributed by atoms with Crippen LogP contribution in [0.5, 0.6) is 11.5 Å². The van der Waals surface area contributed by atoms with Crippen molar-refractivity contribution >= 4 is 51.8 Å². The summed E-state index contributed by atoms with van der Waals surface area (Å²) in [5.74, 6) is 0.105. The molecule has 0 fully saturated rings. The molecule has 166 valence electrons. The Morgan fingerprint density at radius 2 is 1.91 bits per heavy atom. The molecule has 0 spiro atoms. The molecule has 32 heavy (non-hydrogen) atoms. The van der Waals surface area contributed by atoms with Crippen LogP contribution in [0.3, 0.4) is 0 Å². The number of aromatic nitrogens is 2. The van der Waals surface area contributed by atoms with Gasteiger partial charge in [0.05, 0.1) is 20.0 Å². The fourth-order valence-corrected chi connectivity index (χ4v) is 4.04. The number of hydrogen-bond acceptors (Lipinski definition) is 8. The van der Waals surface area contributed by atoms with E-state index in [2.05, 4.69) is 20.8 Å². The number of nitrogens with one attached hydrogen (secondary N) is 2. The number of nitrogens with zero attached hydrogens (tertiary/aromatic N) is 2. The maximum Gasteiger partial charge on any atom is 0.250 e. The van der Waals surface area contributed by atoms with E-state index in [0.29, 0.717) is 26.7 Å². The van der Waals surface area contributed by atoms with Gasteiger partial charge in [-0.3, -0.25) is 14.9 Å². The minimum atomic E-state index is -0.430. The summed E-state index contributed by atoms with van der Waals surface area (Å²) in [5, 5.41) is 13.4. The minimum absolute atomic E-state index is 0.0678. The molecular formula is C21H19FN4O4S2. The Kier molecular flexibility index (Phi) is 8.17. The topological polar surface area (TPSA) is 102 Å². The monoisotopic (exact) mass is 474 g/mol. The van der Waals surface area contributed by atoms with Gasteiger partial charge in [0.1, 0.15) is 5.82 Å². The van der Waals surface area contributed by atoms with Crippen LogP contribution in [0.2, 0.25) is 0 Å². The average molecular weight is 475 g/mol. The van der Waals surface area contributed by atoms with E-state index in [1.807, 2.05) is 0 Å². The van der Waals surface area contributed by atoms with Crippen molar-refractivity contribution < 1.29 is 23.5 Å². The lowest BCUT2D eigenvalue weighted by Crippen LogP contribution is -2.13. The van der Waals surface area contributed by atoms with Crippen molar-refractivity contribution in [2.75, 3.05) is 30.6 Å². The molecule has 0 bridgehead atoms. The van der Waals surface area contributed by atoms with Crippen LogP contribution < -0.4 is 20.1 Å². The SMILES string of the molecule is COc1ccc(/C=C/C(=O)Nc2nnc(SCC(=O)Nc3cccc(F)c3)s2)cc1OC. The molecule has 2 aromatic carbocycles. The van der Waals surface area contributed by atoms with Crippen LogP contribution in [-0.4, -0.2) is 42.0 Å². The van der Waals surface area contributed by atoms with Gasteiger partial charge in [0.15, 0.2) is 15.8 Å². The quantitative estimate of drug-likeness (QED) is 0.274. The summed E-state index contributed by atoms with van der Waals surface area (Å²) in [7, 11) is 3.08. The lowest BCUT2D eigenvalue weighted by Gasteiger charge is -2.07. The number of rotatable bonds is 9. The van der Waals surface area contributed by atoms with Crippen LogP contribution in [-0.2, 0) is 9.59 Å². The Hall–Kier alpha value is -3.44. The third kappa shape index (κ3) is 6.79. The normalized spacial score (nSPS) is 10.7. The third-order valence-corrected chi connectivity index (χ3v) is 5.88. The summed E-state index contributed by atoms with van der Waals surface area (Å²) in [6.07, 6.45) is 2.99. The predicted octanol–water partition coefficient (Wildman–Crippen LogP) is 4.08. The lowest BCUT2D eigenvalue weighted by atomic mass is 10.2. The van der Waals surface area contributed by atoms with Crippen LogP contribution in [0, 0.1) is 5.82 Å². The fraction of sp³-hybridized carbons (Fsp3) is 0.143. The zero-order valence-electron chi connectivity index (χ0n) is 17.1. The number of hydrogen-bond donors (Lipinski definition) is 2. The lowest BCUT2D eigenvalue weighted by molar-refractivity contribution is -0.114. The summed E-state index contributed by atoms with van der Waals surface area (Å²) in [6, 6.07) is 10.9. The van der Waals surface area contributed by atoms with Crippen LogP contribution in [0.25, 0.3) is 6.08 Å². The first-order chi connectivity index (χ1) is 15.5. The molecule has 3 aromatic rings. The molecule has 0 unspecified atom stereocenters. The number of ether oxygens (including phenoxy) is 2. The van der Waals surface area contributed by atoms with Crippen LogP contribution in [0.15, 0.2) is 52.9 Å². The molecule has 2 amide bonds. The van der Waals surface area contributed by atoms with Crippen LogP contribution >= 0.6 is 23.1 Å². The third-order valence-electron chi connectivity index (χ3n) is 3.91. The van der Waals surface area contributed by atoms with Crippen LogP contribution in [0.4, 0.5) is 15.2 Å². The molecule has 0 saturated heterocycles. The number of methoxy groups -OCH3 is 2. The number of halogens is 1. The summed E-state index contributed by atoms with van der Waals surface area (Å²) in [5.41, 5.74) is 1.14. The Morgan fingerprint density at radius 1 is 1.09 bits per heavy atom. The van der Waals surface area contributed by atoms with Crippen LogP contribution in [0.1, 0.15) is 5.56 Å². The first-order valence-electron chi connectivity index (χ1n) is 9.19. The number of amides is 2. The van der Waals surface area contributed by atoms with Crippen molar-refractivity contribution in [1.82, 2.24) is 10.2 Å². The van der Waals surface area contributed by atoms with Crippen molar-refractivity contribution in [1.29, 1.82) is 0 Å². The Bertz CT molecular complexity index is 1140.